The normalized spacial score (nSPS) is 25.2. The number of nitrogens with one attached hydrogen (secondary N) is 3. The number of unbranched alkanes of at least 4 members (excludes halogenated alkanes) is 8. The summed E-state index contributed by atoms with van der Waals surface area (Å²) in [6.07, 6.45) is 32.4. The SMILES string of the molecule is CCCCC[C@@H](CC[C@@H]1[C@H]2Cc3cccc(OCC(=O)O)c3C[C@H]2C[C@H]1OC)OC.CCCCC[C@H](O)CC[C@@H]1[C@H]2Cc3cccc(OCC(=O)N[C@@H](C)C(=O)O)c3C[C@H]2C[C@H]1O.CCCCC[C@H](O)CC[C@@H]1[C@H]2Cc3cccc(OCC(=O)N[C@@H](CC(=O)O)C(=O)O)c3C[C@H]2C[C@H]1O.CCCCC[C@H](O)CC[C@@H]1[C@H]2Cc3cccc(OCC(=O)N[C@H](C(=O)O)C(C)C)c3C[C@H]2C[C@H]1O. The lowest BCUT2D eigenvalue weighted by Gasteiger charge is -2.33. The molecule has 0 aliphatic heterocycles. The molecule has 0 aromatic heterocycles. The molecule has 0 radical (unpaired) electrons. The average molecular weight is 1880 g/mol. The minimum atomic E-state index is -1.52. The molecule has 4 fully saturated rings. The lowest BCUT2D eigenvalue weighted by Crippen LogP contribution is -2.46. The molecule has 0 saturated heterocycles. The number of fused-ring (bicyclic) bond motifs is 8. The van der Waals surface area contributed by atoms with Crippen LogP contribution in [0.4, 0.5) is 0 Å². The fourth-order valence-corrected chi connectivity index (χ4v) is 23.1. The maximum absolute atomic E-state index is 12.3. The summed E-state index contributed by atoms with van der Waals surface area (Å²) in [4.78, 5) is 91.8. The Labute approximate surface area is 793 Å². The third-order valence-electron chi connectivity index (χ3n) is 30.3. The molecule has 8 aliphatic rings. The molecule has 0 spiro atoms. The second-order valence-electron chi connectivity index (χ2n) is 39.9. The van der Waals surface area contributed by atoms with E-state index < -0.39 is 84.8 Å². The van der Waals surface area contributed by atoms with Gasteiger partial charge >= 0.3 is 29.8 Å². The number of benzene rings is 4. The Morgan fingerprint density at radius 3 is 1.03 bits per heavy atom. The van der Waals surface area contributed by atoms with Crippen molar-refractivity contribution in [2.24, 2.45) is 76.9 Å². The molecule has 23 atom stereocenters. The fourth-order valence-electron chi connectivity index (χ4n) is 23.1. The molecule has 4 aromatic carbocycles. The van der Waals surface area contributed by atoms with E-state index in [0.29, 0.717) is 95.6 Å². The molecular formula is C106H159N3O25. The molecule has 3 amide bonds. The lowest BCUT2D eigenvalue weighted by molar-refractivity contribution is -0.147. The monoisotopic (exact) mass is 1870 g/mol. The summed E-state index contributed by atoms with van der Waals surface area (Å²) in [7, 11) is 3.69. The first kappa shape index (κ1) is 109. The molecule has 12 rings (SSSR count). The number of ether oxygens (including phenoxy) is 6. The first-order valence-electron chi connectivity index (χ1n) is 50.3. The van der Waals surface area contributed by atoms with E-state index in [1.54, 1.807) is 19.9 Å². The van der Waals surface area contributed by atoms with Crippen molar-refractivity contribution in [2.75, 3.05) is 40.6 Å². The first-order valence-corrected chi connectivity index (χ1v) is 50.3. The van der Waals surface area contributed by atoms with Crippen molar-refractivity contribution < 1.29 is 123 Å². The van der Waals surface area contributed by atoms with Gasteiger partial charge < -0.3 is 101 Å². The van der Waals surface area contributed by atoms with Crippen molar-refractivity contribution in [2.45, 2.75) is 353 Å². The summed E-state index contributed by atoms with van der Waals surface area (Å²) in [6.45, 7) is 12.4. The predicted octanol–water partition coefficient (Wildman–Crippen LogP) is 14.2. The zero-order valence-corrected chi connectivity index (χ0v) is 80.9. The van der Waals surface area contributed by atoms with Crippen molar-refractivity contribution in [1.29, 1.82) is 0 Å². The Morgan fingerprint density at radius 2 is 0.709 bits per heavy atom. The fraction of sp³-hybridized carbons (Fsp3) is 0.698. The van der Waals surface area contributed by atoms with E-state index in [2.05, 4.69) is 61.8 Å². The number of carbonyl (C=O) groups is 8. The molecule has 748 valence electrons. The highest BCUT2D eigenvalue weighted by atomic mass is 16.5. The summed E-state index contributed by atoms with van der Waals surface area (Å²) in [5.74, 6) is -0.624. The van der Waals surface area contributed by atoms with Crippen LogP contribution in [0.3, 0.4) is 0 Å². The van der Waals surface area contributed by atoms with E-state index in [-0.39, 0.29) is 74.0 Å². The summed E-state index contributed by atoms with van der Waals surface area (Å²) < 4.78 is 34.7. The number of hydrogen-bond acceptors (Lipinski definition) is 20. The Hall–Kier alpha value is -8.48. The van der Waals surface area contributed by atoms with Crippen LogP contribution in [0.1, 0.15) is 279 Å². The maximum atomic E-state index is 12.3. The number of carboxylic acid groups (broad SMARTS) is 5. The van der Waals surface area contributed by atoms with Crippen molar-refractivity contribution >= 4 is 47.6 Å². The van der Waals surface area contributed by atoms with Gasteiger partial charge in [-0.1, -0.05) is 167 Å². The van der Waals surface area contributed by atoms with Crippen molar-refractivity contribution in [3.8, 4) is 23.0 Å². The zero-order chi connectivity index (χ0) is 97.2. The van der Waals surface area contributed by atoms with Crippen LogP contribution in [0, 0.1) is 76.9 Å². The summed E-state index contributed by atoms with van der Waals surface area (Å²) in [6, 6.07) is 20.0. The van der Waals surface area contributed by atoms with E-state index in [1.165, 1.54) is 48.4 Å². The third kappa shape index (κ3) is 32.3. The maximum Gasteiger partial charge on any atom is 0.341 e. The van der Waals surface area contributed by atoms with Gasteiger partial charge in [0.2, 0.25) is 0 Å². The minimum absolute atomic E-state index is 0.154. The second-order valence-corrected chi connectivity index (χ2v) is 39.9. The van der Waals surface area contributed by atoms with Crippen LogP contribution in [-0.4, -0.2) is 211 Å². The first-order chi connectivity index (χ1) is 64.3. The average Bonchev–Trinajstić information content (AvgIpc) is 1.62. The Morgan fingerprint density at radius 1 is 0.373 bits per heavy atom. The molecule has 28 heteroatoms. The van der Waals surface area contributed by atoms with E-state index >= 15 is 0 Å². The Kier molecular flexibility index (Phi) is 45.0. The van der Waals surface area contributed by atoms with E-state index in [9.17, 15) is 74.1 Å². The van der Waals surface area contributed by atoms with Gasteiger partial charge in [-0.05, 0) is 307 Å². The molecule has 0 heterocycles. The number of methoxy groups -OCH3 is 2. The standard InChI is InChI=1S/C28H43NO6.C27H39NO8.C26H39NO6.C25H38O5/c1-4-5-6-9-20(30)11-12-21-22-13-18-8-7-10-25(23(18)14-19(22)15-24(21)31)35-16-26(32)29-27(17(2)3)28(33)34;1-2-3-4-7-18(29)9-10-19-20-11-16-6-5-8-24(21(16)12-17(20)13-23(19)30)36-15-25(31)28-22(27(34)35)14-26(32)33;1-3-4-5-8-19(28)10-11-20-21-12-17-7-6-9-24(22(17)13-18(21)14-23(20)29)33-15-25(30)27-16(2)26(31)32;1-4-5-6-9-19(28-2)11-12-20-21-13-17-8-7-10-23(30-16-25(26)27)22(17)14-18(21)15-24(20)29-3/h7-8,10,17,19-22,24,27,30-31H,4-6,9,11-16H2,1-3H3,(H,29,32)(H,33,34);5-6,8,17-20,22-23,29-30H,2-4,7,9-15H2,1H3,(H,28,31)(H,32,33)(H,34,35);6-7,9,16,18-21,23,28-29H,3-5,8,10-15H2,1-2H3,(H,27,30)(H,31,32);7-8,10,18-21,24H,4-6,9,11-16H2,1-3H3,(H,26,27)/t19-,20-,21+,22-,24+,27-;17-,18-,19+,20-,22-,23+;16-,18-,19-,20+,21-,23+;18-,19-,20+,21-,24+/m0000/s1. The highest BCUT2D eigenvalue weighted by Crippen LogP contribution is 2.54. The molecule has 8 aliphatic carbocycles. The van der Waals surface area contributed by atoms with Gasteiger partial charge in [-0.25, -0.2) is 14.4 Å². The highest BCUT2D eigenvalue weighted by molar-refractivity contribution is 5.88. The number of aliphatic hydroxyl groups is 6. The molecular weight excluding hydrogens is 1720 g/mol. The predicted molar refractivity (Wildman–Crippen MR) is 508 cm³/mol. The largest absolute Gasteiger partial charge is 0.483 e. The molecule has 0 bridgehead atoms. The van der Waals surface area contributed by atoms with Gasteiger partial charge in [0.05, 0.1) is 55.3 Å². The van der Waals surface area contributed by atoms with Gasteiger partial charge in [0.15, 0.2) is 26.4 Å². The third-order valence-corrected chi connectivity index (χ3v) is 30.3. The van der Waals surface area contributed by atoms with Gasteiger partial charge in [0.25, 0.3) is 17.7 Å². The van der Waals surface area contributed by atoms with Crippen molar-refractivity contribution in [1.82, 2.24) is 16.0 Å². The van der Waals surface area contributed by atoms with Gasteiger partial charge in [0, 0.05) is 14.2 Å². The van der Waals surface area contributed by atoms with Crippen LogP contribution in [0.15, 0.2) is 72.8 Å². The smallest absolute Gasteiger partial charge is 0.341 e. The minimum Gasteiger partial charge on any atom is -0.483 e. The van der Waals surface area contributed by atoms with Crippen molar-refractivity contribution in [3.05, 3.63) is 117 Å². The van der Waals surface area contributed by atoms with Crippen LogP contribution in [-0.2, 0) is 99.2 Å². The van der Waals surface area contributed by atoms with Crippen LogP contribution < -0.4 is 34.9 Å². The van der Waals surface area contributed by atoms with E-state index in [0.717, 1.165) is 227 Å². The summed E-state index contributed by atoms with van der Waals surface area (Å²) in [5, 5.41) is 116. The number of hydrogen-bond donors (Lipinski definition) is 14. The lowest BCUT2D eigenvalue weighted by atomic mass is 9.73. The molecule has 28 nitrogen and oxygen atoms in total. The number of aliphatic carboxylic acids is 5. The Bertz CT molecular complexity index is 4350. The summed E-state index contributed by atoms with van der Waals surface area (Å²) in [5.41, 5.74) is 9.19. The number of rotatable bonds is 51. The van der Waals surface area contributed by atoms with E-state index in [4.69, 9.17) is 48.8 Å². The number of carbonyl (C=O) groups excluding carboxylic acids is 3. The quantitative estimate of drug-likeness (QED) is 0.0183. The number of carboxylic acids is 5. The van der Waals surface area contributed by atoms with E-state index in [1.807, 2.05) is 62.8 Å². The Balaban J connectivity index is 0.000000201. The number of amides is 3. The molecule has 4 saturated carbocycles. The zero-order valence-electron chi connectivity index (χ0n) is 80.9. The van der Waals surface area contributed by atoms with Gasteiger partial charge in [-0.15, -0.1) is 0 Å². The van der Waals surface area contributed by atoms with Crippen molar-refractivity contribution in [3.63, 3.8) is 0 Å². The summed E-state index contributed by atoms with van der Waals surface area (Å²) >= 11 is 0. The van der Waals surface area contributed by atoms with Crippen LogP contribution >= 0.6 is 0 Å². The topological polar surface area (TPSA) is 451 Å². The molecule has 14 N–H and O–H groups in total. The van der Waals surface area contributed by atoms with Crippen LogP contribution in [0.25, 0.3) is 0 Å². The molecule has 134 heavy (non-hydrogen) atoms. The molecule has 4 aromatic rings. The second kappa shape index (κ2) is 55.2. The van der Waals surface area contributed by atoms with Gasteiger partial charge in [0.1, 0.15) is 41.1 Å². The van der Waals surface area contributed by atoms with Crippen LogP contribution in [0.5, 0.6) is 23.0 Å². The van der Waals surface area contributed by atoms with Gasteiger partial charge in [-0.2, -0.15) is 0 Å². The molecule has 0 unspecified atom stereocenters. The van der Waals surface area contributed by atoms with Crippen LogP contribution in [0.2, 0.25) is 0 Å². The highest BCUT2D eigenvalue weighted by Gasteiger charge is 2.50. The van der Waals surface area contributed by atoms with Gasteiger partial charge in [-0.3, -0.25) is 24.0 Å². The number of aliphatic hydroxyl groups excluding tert-OH is 6.